The van der Waals surface area contributed by atoms with Gasteiger partial charge in [-0.1, -0.05) is 13.0 Å². The zero-order valence-electron chi connectivity index (χ0n) is 12.8. The first-order valence-electron chi connectivity index (χ1n) is 8.46. The third-order valence-corrected chi connectivity index (χ3v) is 6.35. The standard InChI is InChI=1S/C19H24O2/c1-2-15-3-4-16(18(20)21)8-17(15)19-9-12-5-13(10-19)7-14(6-12)11-19/h3-4,8,12-14H,2,5-7,9-11H2,1H3,(H,20,21). The number of benzene rings is 1. The molecule has 2 nitrogen and oxygen atoms in total. The summed E-state index contributed by atoms with van der Waals surface area (Å²) in [6.07, 6.45) is 9.20. The van der Waals surface area contributed by atoms with E-state index in [0.717, 1.165) is 24.2 Å². The molecule has 0 aliphatic heterocycles. The predicted molar refractivity (Wildman–Crippen MR) is 82.6 cm³/mol. The third kappa shape index (κ3) is 2.03. The fourth-order valence-corrected chi connectivity index (χ4v) is 5.95. The van der Waals surface area contributed by atoms with Crippen LogP contribution in [0.15, 0.2) is 18.2 Å². The molecule has 4 bridgehead atoms. The highest BCUT2D eigenvalue weighted by Gasteiger charge is 2.52. The van der Waals surface area contributed by atoms with Gasteiger partial charge in [-0.25, -0.2) is 4.79 Å². The lowest BCUT2D eigenvalue weighted by molar-refractivity contribution is -0.00558. The lowest BCUT2D eigenvalue weighted by Gasteiger charge is -2.57. The molecule has 5 rings (SSSR count). The van der Waals surface area contributed by atoms with Gasteiger partial charge in [0.15, 0.2) is 0 Å². The molecule has 112 valence electrons. The summed E-state index contributed by atoms with van der Waals surface area (Å²) >= 11 is 0. The molecule has 0 amide bonds. The van der Waals surface area contributed by atoms with Crippen LogP contribution < -0.4 is 0 Å². The normalized spacial score (nSPS) is 36.9. The quantitative estimate of drug-likeness (QED) is 0.892. The largest absolute Gasteiger partial charge is 0.478 e. The first-order valence-corrected chi connectivity index (χ1v) is 8.46. The van der Waals surface area contributed by atoms with Crippen molar-refractivity contribution in [2.75, 3.05) is 0 Å². The molecular weight excluding hydrogens is 260 g/mol. The zero-order valence-corrected chi connectivity index (χ0v) is 12.8. The van der Waals surface area contributed by atoms with Gasteiger partial charge in [0, 0.05) is 0 Å². The second-order valence-electron chi connectivity index (χ2n) is 7.73. The minimum absolute atomic E-state index is 0.297. The van der Waals surface area contributed by atoms with Crippen molar-refractivity contribution in [1.29, 1.82) is 0 Å². The number of aryl methyl sites for hydroxylation is 1. The lowest BCUT2D eigenvalue weighted by Crippen LogP contribution is -2.49. The van der Waals surface area contributed by atoms with E-state index in [9.17, 15) is 9.90 Å². The number of carbonyl (C=O) groups is 1. The zero-order chi connectivity index (χ0) is 14.6. The Labute approximate surface area is 126 Å². The van der Waals surface area contributed by atoms with Gasteiger partial charge >= 0.3 is 5.97 Å². The van der Waals surface area contributed by atoms with Crippen molar-refractivity contribution in [2.45, 2.75) is 57.3 Å². The smallest absolute Gasteiger partial charge is 0.335 e. The van der Waals surface area contributed by atoms with Crippen LogP contribution in [0.5, 0.6) is 0 Å². The summed E-state index contributed by atoms with van der Waals surface area (Å²) in [6, 6.07) is 5.86. The molecule has 4 saturated carbocycles. The van der Waals surface area contributed by atoms with E-state index in [1.165, 1.54) is 49.7 Å². The molecule has 4 aliphatic rings. The van der Waals surface area contributed by atoms with Crippen molar-refractivity contribution in [3.63, 3.8) is 0 Å². The lowest BCUT2D eigenvalue weighted by atomic mass is 9.47. The first-order chi connectivity index (χ1) is 10.1. The summed E-state index contributed by atoms with van der Waals surface area (Å²) in [5, 5.41) is 9.35. The molecule has 0 heterocycles. The fraction of sp³-hybridized carbons (Fsp3) is 0.632. The topological polar surface area (TPSA) is 37.3 Å². The van der Waals surface area contributed by atoms with Gasteiger partial charge in [-0.15, -0.1) is 0 Å². The van der Waals surface area contributed by atoms with Gasteiger partial charge in [0.05, 0.1) is 5.56 Å². The van der Waals surface area contributed by atoms with E-state index in [0.29, 0.717) is 11.0 Å². The van der Waals surface area contributed by atoms with Gasteiger partial charge in [0.2, 0.25) is 0 Å². The van der Waals surface area contributed by atoms with Crippen molar-refractivity contribution in [3.05, 3.63) is 34.9 Å². The molecule has 0 unspecified atom stereocenters. The third-order valence-electron chi connectivity index (χ3n) is 6.35. The van der Waals surface area contributed by atoms with Crippen molar-refractivity contribution >= 4 is 5.97 Å². The Bertz CT molecular complexity index is 552. The second kappa shape index (κ2) is 4.59. The molecule has 4 fully saturated rings. The molecule has 21 heavy (non-hydrogen) atoms. The number of rotatable bonds is 3. The number of aromatic carboxylic acids is 1. The molecule has 0 aromatic heterocycles. The van der Waals surface area contributed by atoms with Crippen LogP contribution in [0.3, 0.4) is 0 Å². The second-order valence-corrected chi connectivity index (χ2v) is 7.73. The SMILES string of the molecule is CCc1ccc(C(=O)O)cc1C12CC3CC(CC(C3)C1)C2. The van der Waals surface area contributed by atoms with Gasteiger partial charge < -0.3 is 5.11 Å². The van der Waals surface area contributed by atoms with Crippen LogP contribution in [0.1, 0.15) is 66.9 Å². The van der Waals surface area contributed by atoms with Crippen LogP contribution in [-0.2, 0) is 11.8 Å². The molecule has 1 aromatic rings. The van der Waals surface area contributed by atoms with Gasteiger partial charge in [-0.05, 0) is 91.4 Å². The Balaban J connectivity index is 1.81. The Hall–Kier alpha value is -1.31. The summed E-state index contributed by atoms with van der Waals surface area (Å²) in [6.45, 7) is 2.19. The molecule has 2 heteroatoms. The highest BCUT2D eigenvalue weighted by atomic mass is 16.4. The number of hydrogen-bond donors (Lipinski definition) is 1. The van der Waals surface area contributed by atoms with Crippen LogP contribution in [0.2, 0.25) is 0 Å². The molecule has 4 aliphatic carbocycles. The van der Waals surface area contributed by atoms with Crippen molar-refractivity contribution < 1.29 is 9.90 Å². The van der Waals surface area contributed by atoms with Gasteiger partial charge in [0.25, 0.3) is 0 Å². The maximum absolute atomic E-state index is 11.4. The first kappa shape index (κ1) is 13.4. The summed E-state index contributed by atoms with van der Waals surface area (Å²) < 4.78 is 0. The predicted octanol–water partition coefficient (Wildman–Crippen LogP) is 4.42. The van der Waals surface area contributed by atoms with E-state index in [-0.39, 0.29) is 0 Å². The summed E-state index contributed by atoms with van der Waals surface area (Å²) in [7, 11) is 0. The van der Waals surface area contributed by atoms with E-state index in [1.54, 1.807) is 6.07 Å². The number of carboxylic acid groups (broad SMARTS) is 1. The van der Waals surface area contributed by atoms with Crippen molar-refractivity contribution in [2.24, 2.45) is 17.8 Å². The van der Waals surface area contributed by atoms with E-state index in [1.807, 2.05) is 6.07 Å². The molecule has 0 atom stereocenters. The maximum atomic E-state index is 11.4. The maximum Gasteiger partial charge on any atom is 0.335 e. The van der Waals surface area contributed by atoms with Crippen LogP contribution in [-0.4, -0.2) is 11.1 Å². The highest BCUT2D eigenvalue weighted by Crippen LogP contribution is 2.61. The van der Waals surface area contributed by atoms with E-state index in [2.05, 4.69) is 13.0 Å². The van der Waals surface area contributed by atoms with Crippen LogP contribution in [0.4, 0.5) is 0 Å². The average Bonchev–Trinajstić information content (AvgIpc) is 2.45. The number of hydrogen-bond acceptors (Lipinski definition) is 1. The minimum atomic E-state index is -0.788. The molecule has 1 aromatic carbocycles. The molecular formula is C19H24O2. The van der Waals surface area contributed by atoms with E-state index < -0.39 is 5.97 Å². The van der Waals surface area contributed by atoms with Gasteiger partial charge in [0.1, 0.15) is 0 Å². The Morgan fingerprint density at radius 3 is 2.19 bits per heavy atom. The molecule has 0 spiro atoms. The monoisotopic (exact) mass is 284 g/mol. The summed E-state index contributed by atoms with van der Waals surface area (Å²) in [5.41, 5.74) is 3.52. The fourth-order valence-electron chi connectivity index (χ4n) is 5.95. The summed E-state index contributed by atoms with van der Waals surface area (Å²) in [5.74, 6) is 1.90. The van der Waals surface area contributed by atoms with Crippen LogP contribution in [0, 0.1) is 17.8 Å². The number of carboxylic acids is 1. The van der Waals surface area contributed by atoms with Crippen molar-refractivity contribution in [3.8, 4) is 0 Å². The Morgan fingerprint density at radius 2 is 1.71 bits per heavy atom. The Morgan fingerprint density at radius 1 is 1.14 bits per heavy atom. The molecule has 0 radical (unpaired) electrons. The molecule has 1 N–H and O–H groups in total. The Kier molecular flexibility index (Phi) is 2.92. The van der Waals surface area contributed by atoms with Gasteiger partial charge in [-0.2, -0.15) is 0 Å². The summed E-state index contributed by atoms with van der Waals surface area (Å²) in [4.78, 5) is 11.4. The van der Waals surface area contributed by atoms with E-state index >= 15 is 0 Å². The van der Waals surface area contributed by atoms with E-state index in [4.69, 9.17) is 0 Å². The van der Waals surface area contributed by atoms with Crippen LogP contribution >= 0.6 is 0 Å². The van der Waals surface area contributed by atoms with Gasteiger partial charge in [-0.3, -0.25) is 0 Å². The highest BCUT2D eigenvalue weighted by molar-refractivity contribution is 5.88. The minimum Gasteiger partial charge on any atom is -0.478 e. The average molecular weight is 284 g/mol. The molecule has 0 saturated heterocycles. The van der Waals surface area contributed by atoms with Crippen LogP contribution in [0.25, 0.3) is 0 Å². The van der Waals surface area contributed by atoms with Crippen molar-refractivity contribution in [1.82, 2.24) is 0 Å².